The number of carbonyl (C=O) groups excluding carboxylic acids is 1. The molecule has 0 bridgehead atoms. The maximum Gasteiger partial charge on any atom is 0.246 e. The van der Waals surface area contributed by atoms with Crippen LogP contribution in [0.2, 0.25) is 0 Å². The van der Waals surface area contributed by atoms with Gasteiger partial charge in [0.2, 0.25) is 5.91 Å². The molecule has 3 heteroatoms. The molecule has 1 aromatic rings. The molecule has 0 spiro atoms. The van der Waals surface area contributed by atoms with Gasteiger partial charge in [-0.1, -0.05) is 30.3 Å². The summed E-state index contributed by atoms with van der Waals surface area (Å²) >= 11 is 0. The molecule has 1 aromatic carbocycles. The van der Waals surface area contributed by atoms with Crippen LogP contribution in [0.15, 0.2) is 30.3 Å². The molecule has 14 heavy (non-hydrogen) atoms. The van der Waals surface area contributed by atoms with E-state index in [1.165, 1.54) is 0 Å². The number of hydrogen-bond donors (Lipinski definition) is 1. The number of carbonyl (C=O) groups is 1. The van der Waals surface area contributed by atoms with Crippen LogP contribution in [-0.2, 0) is 9.53 Å². The van der Waals surface area contributed by atoms with Crippen molar-refractivity contribution in [3.8, 4) is 0 Å². The first-order valence-electron chi connectivity index (χ1n) is 4.78. The summed E-state index contributed by atoms with van der Waals surface area (Å²) in [4.78, 5) is 11.2. The summed E-state index contributed by atoms with van der Waals surface area (Å²) in [7, 11) is 0. The normalized spacial score (nSPS) is 22.6. The van der Waals surface area contributed by atoms with E-state index in [-0.39, 0.29) is 18.6 Å². The highest BCUT2D eigenvalue weighted by Crippen LogP contribution is 2.17. The fraction of sp³-hybridized carbons (Fsp3) is 0.364. The highest BCUT2D eigenvalue weighted by Gasteiger charge is 2.17. The molecule has 1 N–H and O–H groups in total. The molecule has 0 aliphatic carbocycles. The molecule has 1 heterocycles. The third kappa shape index (κ3) is 2.12. The van der Waals surface area contributed by atoms with Crippen LogP contribution in [0.1, 0.15) is 18.0 Å². The van der Waals surface area contributed by atoms with Crippen molar-refractivity contribution in [2.45, 2.75) is 12.5 Å². The minimum atomic E-state index is -0.0312. The van der Waals surface area contributed by atoms with Crippen molar-refractivity contribution in [1.29, 1.82) is 0 Å². The van der Waals surface area contributed by atoms with Gasteiger partial charge in [0, 0.05) is 6.61 Å². The molecule has 0 aromatic heterocycles. The lowest BCUT2D eigenvalue weighted by atomic mass is 10.0. The highest BCUT2D eigenvalue weighted by molar-refractivity contribution is 5.77. The van der Waals surface area contributed by atoms with Gasteiger partial charge in [-0.05, 0) is 12.0 Å². The average Bonchev–Trinajstić information content (AvgIpc) is 2.44. The van der Waals surface area contributed by atoms with Crippen LogP contribution in [-0.4, -0.2) is 19.1 Å². The van der Waals surface area contributed by atoms with E-state index < -0.39 is 0 Å². The van der Waals surface area contributed by atoms with Crippen molar-refractivity contribution in [1.82, 2.24) is 5.32 Å². The van der Waals surface area contributed by atoms with Crippen LogP contribution < -0.4 is 5.32 Å². The summed E-state index contributed by atoms with van der Waals surface area (Å²) in [6, 6.07) is 10.1. The first-order valence-corrected chi connectivity index (χ1v) is 4.78. The number of hydrogen-bond acceptors (Lipinski definition) is 2. The van der Waals surface area contributed by atoms with E-state index in [0.717, 1.165) is 12.0 Å². The van der Waals surface area contributed by atoms with Crippen molar-refractivity contribution < 1.29 is 9.53 Å². The first kappa shape index (κ1) is 9.21. The van der Waals surface area contributed by atoms with Crippen LogP contribution >= 0.6 is 0 Å². The lowest BCUT2D eigenvalue weighted by Crippen LogP contribution is -2.28. The molecule has 1 saturated heterocycles. The van der Waals surface area contributed by atoms with E-state index in [1.807, 2.05) is 30.3 Å². The minimum Gasteiger partial charge on any atom is -0.372 e. The molecule has 1 aliphatic heterocycles. The summed E-state index contributed by atoms with van der Waals surface area (Å²) < 4.78 is 5.15. The Hall–Kier alpha value is -1.35. The fourth-order valence-corrected chi connectivity index (χ4v) is 1.61. The molecular weight excluding hydrogens is 178 g/mol. The lowest BCUT2D eigenvalue weighted by Gasteiger charge is -2.14. The van der Waals surface area contributed by atoms with Gasteiger partial charge in [-0.15, -0.1) is 0 Å². The zero-order chi connectivity index (χ0) is 9.80. The Kier molecular flexibility index (Phi) is 2.79. The number of benzene rings is 1. The Labute approximate surface area is 83.1 Å². The fourth-order valence-electron chi connectivity index (χ4n) is 1.61. The van der Waals surface area contributed by atoms with Gasteiger partial charge in [0.25, 0.3) is 0 Å². The van der Waals surface area contributed by atoms with Crippen molar-refractivity contribution >= 4 is 5.91 Å². The zero-order valence-electron chi connectivity index (χ0n) is 7.90. The molecular formula is C11H13NO2. The molecule has 1 atom stereocenters. The van der Waals surface area contributed by atoms with Gasteiger partial charge in [0.15, 0.2) is 0 Å². The van der Waals surface area contributed by atoms with Crippen molar-refractivity contribution in [2.24, 2.45) is 0 Å². The molecule has 1 fully saturated rings. The Morgan fingerprint density at radius 2 is 2.07 bits per heavy atom. The third-order valence-electron chi connectivity index (χ3n) is 2.32. The van der Waals surface area contributed by atoms with Gasteiger partial charge in [0.05, 0.1) is 6.04 Å². The predicted molar refractivity (Wildman–Crippen MR) is 52.8 cm³/mol. The maximum atomic E-state index is 11.2. The molecule has 74 valence electrons. The molecule has 0 saturated carbocycles. The Morgan fingerprint density at radius 1 is 1.29 bits per heavy atom. The van der Waals surface area contributed by atoms with Gasteiger partial charge >= 0.3 is 0 Å². The smallest absolute Gasteiger partial charge is 0.246 e. The van der Waals surface area contributed by atoms with Gasteiger partial charge in [-0.2, -0.15) is 0 Å². The quantitative estimate of drug-likeness (QED) is 0.725. The van der Waals surface area contributed by atoms with Crippen LogP contribution in [0.3, 0.4) is 0 Å². The number of rotatable bonds is 1. The average molecular weight is 191 g/mol. The number of ether oxygens (including phenoxy) is 1. The summed E-state index contributed by atoms with van der Waals surface area (Å²) in [6.45, 7) is 0.821. The topological polar surface area (TPSA) is 38.3 Å². The monoisotopic (exact) mass is 191 g/mol. The van der Waals surface area contributed by atoms with E-state index in [2.05, 4.69) is 5.32 Å². The summed E-state index contributed by atoms with van der Waals surface area (Å²) in [6.07, 6.45) is 0.843. The second kappa shape index (κ2) is 4.24. The summed E-state index contributed by atoms with van der Waals surface area (Å²) in [5, 5.41) is 2.93. The SMILES string of the molecule is O=C1COCC[C@H](c2ccccc2)N1. The van der Waals surface area contributed by atoms with Crippen LogP contribution in [0.4, 0.5) is 0 Å². The number of nitrogens with one attached hydrogen (secondary N) is 1. The van der Waals surface area contributed by atoms with Crippen LogP contribution in [0, 0.1) is 0 Å². The third-order valence-corrected chi connectivity index (χ3v) is 2.32. The largest absolute Gasteiger partial charge is 0.372 e. The van der Waals surface area contributed by atoms with Gasteiger partial charge < -0.3 is 10.1 Å². The van der Waals surface area contributed by atoms with E-state index in [1.54, 1.807) is 0 Å². The minimum absolute atomic E-state index is 0.0312. The van der Waals surface area contributed by atoms with E-state index in [0.29, 0.717) is 6.61 Å². The van der Waals surface area contributed by atoms with Crippen molar-refractivity contribution in [3.05, 3.63) is 35.9 Å². The Bertz CT molecular complexity index is 310. The molecule has 0 unspecified atom stereocenters. The van der Waals surface area contributed by atoms with Gasteiger partial charge in [-0.25, -0.2) is 0 Å². The number of amides is 1. The predicted octanol–water partition coefficient (Wildman–Crippen LogP) is 1.26. The molecule has 3 nitrogen and oxygen atoms in total. The van der Waals surface area contributed by atoms with Crippen LogP contribution in [0.25, 0.3) is 0 Å². The van der Waals surface area contributed by atoms with Gasteiger partial charge in [0.1, 0.15) is 6.61 Å². The van der Waals surface area contributed by atoms with E-state index in [4.69, 9.17) is 4.74 Å². The highest BCUT2D eigenvalue weighted by atomic mass is 16.5. The maximum absolute atomic E-state index is 11.2. The lowest BCUT2D eigenvalue weighted by molar-refractivity contribution is -0.124. The Morgan fingerprint density at radius 3 is 2.86 bits per heavy atom. The molecule has 1 aliphatic rings. The van der Waals surface area contributed by atoms with Gasteiger partial charge in [-0.3, -0.25) is 4.79 Å². The van der Waals surface area contributed by atoms with E-state index >= 15 is 0 Å². The first-order chi connectivity index (χ1) is 6.86. The second-order valence-electron chi connectivity index (χ2n) is 3.37. The van der Waals surface area contributed by atoms with Crippen molar-refractivity contribution in [3.63, 3.8) is 0 Å². The van der Waals surface area contributed by atoms with E-state index in [9.17, 15) is 4.79 Å². The summed E-state index contributed by atoms with van der Waals surface area (Å²) in [5.41, 5.74) is 1.14. The Balaban J connectivity index is 2.13. The molecule has 2 rings (SSSR count). The molecule has 0 radical (unpaired) electrons. The van der Waals surface area contributed by atoms with Crippen molar-refractivity contribution in [2.75, 3.05) is 13.2 Å². The zero-order valence-corrected chi connectivity index (χ0v) is 7.90. The van der Waals surface area contributed by atoms with Crippen LogP contribution in [0.5, 0.6) is 0 Å². The molecule has 1 amide bonds. The summed E-state index contributed by atoms with van der Waals surface area (Å²) in [5.74, 6) is -0.0312. The second-order valence-corrected chi connectivity index (χ2v) is 3.37. The standard InChI is InChI=1S/C11H13NO2/c13-11-8-14-7-6-10(12-11)9-4-2-1-3-5-9/h1-5,10H,6-8H2,(H,12,13)/t10-/m1/s1.